The summed E-state index contributed by atoms with van der Waals surface area (Å²) in [6.07, 6.45) is 3.10. The van der Waals surface area contributed by atoms with Crippen LogP contribution in [0.25, 0.3) is 10.8 Å². The molecule has 1 saturated carbocycles. The Morgan fingerprint density at radius 1 is 1.04 bits per heavy atom. The zero-order valence-corrected chi connectivity index (χ0v) is 16.8. The predicted octanol–water partition coefficient (Wildman–Crippen LogP) is 3.65. The lowest BCUT2D eigenvalue weighted by molar-refractivity contribution is -0.121. The van der Waals surface area contributed by atoms with E-state index in [1.54, 1.807) is 0 Å². The Labute approximate surface area is 163 Å². The molecule has 4 nitrogen and oxygen atoms in total. The molecule has 0 aliphatic heterocycles. The van der Waals surface area contributed by atoms with Crippen molar-refractivity contribution in [2.45, 2.75) is 45.7 Å². The van der Waals surface area contributed by atoms with Crippen molar-refractivity contribution in [2.24, 2.45) is 0 Å². The summed E-state index contributed by atoms with van der Waals surface area (Å²) in [5.41, 5.74) is 1.36. The highest BCUT2D eigenvalue weighted by Gasteiger charge is 2.29. The van der Waals surface area contributed by atoms with E-state index in [0.29, 0.717) is 12.5 Å². The second-order valence-electron chi connectivity index (χ2n) is 7.47. The normalized spacial score (nSPS) is 14.2. The van der Waals surface area contributed by atoms with Crippen molar-refractivity contribution in [2.75, 3.05) is 32.7 Å². The van der Waals surface area contributed by atoms with Gasteiger partial charge in [-0.1, -0.05) is 56.3 Å². The molecule has 0 saturated heterocycles. The molecule has 2 aromatic rings. The van der Waals surface area contributed by atoms with E-state index in [1.807, 2.05) is 0 Å². The number of fused-ring (bicyclic) bond motifs is 1. The molecular formula is C23H33N3O. The first-order valence-electron chi connectivity index (χ1n) is 10.4. The minimum Gasteiger partial charge on any atom is -0.355 e. The molecule has 146 valence electrons. The number of rotatable bonds is 11. The van der Waals surface area contributed by atoms with Gasteiger partial charge in [0.2, 0.25) is 5.91 Å². The van der Waals surface area contributed by atoms with E-state index < -0.39 is 0 Å². The molecule has 0 unspecified atom stereocenters. The SMILES string of the molecule is CCN(CC)CCNC(=O)CCN(Cc1cccc2ccccc12)C1CC1. The van der Waals surface area contributed by atoms with E-state index >= 15 is 0 Å². The highest BCUT2D eigenvalue weighted by molar-refractivity contribution is 5.85. The maximum atomic E-state index is 12.3. The predicted molar refractivity (Wildman–Crippen MR) is 113 cm³/mol. The van der Waals surface area contributed by atoms with E-state index in [-0.39, 0.29) is 5.91 Å². The van der Waals surface area contributed by atoms with Crippen molar-refractivity contribution in [1.29, 1.82) is 0 Å². The summed E-state index contributed by atoms with van der Waals surface area (Å²) in [6.45, 7) is 9.83. The third kappa shape index (κ3) is 5.78. The number of likely N-dealkylation sites (N-methyl/N-ethyl adjacent to an activating group) is 1. The molecule has 4 heteroatoms. The van der Waals surface area contributed by atoms with Gasteiger partial charge in [-0.05, 0) is 42.3 Å². The van der Waals surface area contributed by atoms with Crippen LogP contribution in [0.1, 0.15) is 38.7 Å². The molecule has 1 amide bonds. The van der Waals surface area contributed by atoms with Crippen molar-refractivity contribution in [3.63, 3.8) is 0 Å². The van der Waals surface area contributed by atoms with Crippen LogP contribution in [0.3, 0.4) is 0 Å². The average molecular weight is 368 g/mol. The summed E-state index contributed by atoms with van der Waals surface area (Å²) in [4.78, 5) is 17.1. The molecule has 3 rings (SSSR count). The van der Waals surface area contributed by atoms with E-state index in [2.05, 4.69) is 71.4 Å². The third-order valence-electron chi connectivity index (χ3n) is 5.59. The number of benzene rings is 2. The highest BCUT2D eigenvalue weighted by Crippen LogP contribution is 2.30. The Morgan fingerprint density at radius 3 is 2.52 bits per heavy atom. The van der Waals surface area contributed by atoms with Gasteiger partial charge in [-0.2, -0.15) is 0 Å². The summed E-state index contributed by atoms with van der Waals surface area (Å²) in [6, 6.07) is 15.8. The van der Waals surface area contributed by atoms with Crippen molar-refractivity contribution >= 4 is 16.7 Å². The third-order valence-corrected chi connectivity index (χ3v) is 5.59. The summed E-state index contributed by atoms with van der Waals surface area (Å²) < 4.78 is 0. The molecule has 1 N–H and O–H groups in total. The number of nitrogens with one attached hydrogen (secondary N) is 1. The van der Waals surface area contributed by atoms with Crippen LogP contribution < -0.4 is 5.32 Å². The molecule has 1 aliphatic carbocycles. The van der Waals surface area contributed by atoms with Gasteiger partial charge in [0.25, 0.3) is 0 Å². The average Bonchev–Trinajstić information content (AvgIpc) is 3.54. The molecule has 1 fully saturated rings. The zero-order valence-electron chi connectivity index (χ0n) is 16.8. The molecule has 2 aromatic carbocycles. The zero-order chi connectivity index (χ0) is 19.1. The number of amides is 1. The highest BCUT2D eigenvalue weighted by atomic mass is 16.1. The van der Waals surface area contributed by atoms with Crippen molar-refractivity contribution in [1.82, 2.24) is 15.1 Å². The van der Waals surface area contributed by atoms with E-state index in [4.69, 9.17) is 0 Å². The largest absolute Gasteiger partial charge is 0.355 e. The maximum absolute atomic E-state index is 12.3. The topological polar surface area (TPSA) is 35.6 Å². The molecule has 0 radical (unpaired) electrons. The van der Waals surface area contributed by atoms with Gasteiger partial charge in [-0.25, -0.2) is 0 Å². The number of hydrogen-bond donors (Lipinski definition) is 1. The fourth-order valence-electron chi connectivity index (χ4n) is 3.71. The smallest absolute Gasteiger partial charge is 0.221 e. The quantitative estimate of drug-likeness (QED) is 0.658. The standard InChI is InChI=1S/C23H33N3O/c1-3-25(4-2)17-15-24-23(27)14-16-26(21-12-13-21)18-20-10-7-9-19-8-5-6-11-22(19)20/h5-11,21H,3-4,12-18H2,1-2H3,(H,24,27). The van der Waals surface area contributed by atoms with Crippen LogP contribution in [0.2, 0.25) is 0 Å². The number of carbonyl (C=O) groups is 1. The Kier molecular flexibility index (Phi) is 7.25. The number of nitrogens with zero attached hydrogens (tertiary/aromatic N) is 2. The Hall–Kier alpha value is -1.91. The Balaban J connectivity index is 1.52. The van der Waals surface area contributed by atoms with Gasteiger partial charge in [-0.15, -0.1) is 0 Å². The second kappa shape index (κ2) is 9.86. The van der Waals surface area contributed by atoms with Crippen LogP contribution in [0.5, 0.6) is 0 Å². The summed E-state index contributed by atoms with van der Waals surface area (Å²) >= 11 is 0. The van der Waals surface area contributed by atoms with Gasteiger partial charge < -0.3 is 10.2 Å². The molecular weight excluding hydrogens is 334 g/mol. The lowest BCUT2D eigenvalue weighted by Gasteiger charge is -2.23. The maximum Gasteiger partial charge on any atom is 0.221 e. The lowest BCUT2D eigenvalue weighted by atomic mass is 10.0. The van der Waals surface area contributed by atoms with Gasteiger partial charge in [0.1, 0.15) is 0 Å². The summed E-state index contributed by atoms with van der Waals surface area (Å²) in [5.74, 6) is 0.172. The molecule has 1 aliphatic rings. The number of carbonyl (C=O) groups excluding carboxylic acids is 1. The van der Waals surface area contributed by atoms with Crippen molar-refractivity contribution < 1.29 is 4.79 Å². The first-order valence-corrected chi connectivity index (χ1v) is 10.4. The van der Waals surface area contributed by atoms with Gasteiger partial charge in [0.15, 0.2) is 0 Å². The van der Waals surface area contributed by atoms with Gasteiger partial charge in [0, 0.05) is 38.6 Å². The molecule has 0 spiro atoms. The fraction of sp³-hybridized carbons (Fsp3) is 0.522. The molecule has 0 atom stereocenters. The van der Waals surface area contributed by atoms with Crippen molar-refractivity contribution in [3.8, 4) is 0 Å². The first kappa shape index (κ1) is 19.8. The Morgan fingerprint density at radius 2 is 1.78 bits per heavy atom. The van der Waals surface area contributed by atoms with Gasteiger partial charge in [-0.3, -0.25) is 9.69 Å². The van der Waals surface area contributed by atoms with Gasteiger partial charge in [0.05, 0.1) is 0 Å². The molecule has 0 heterocycles. The van der Waals surface area contributed by atoms with Crippen LogP contribution in [-0.2, 0) is 11.3 Å². The van der Waals surface area contributed by atoms with E-state index in [9.17, 15) is 4.79 Å². The van der Waals surface area contributed by atoms with Gasteiger partial charge >= 0.3 is 0 Å². The molecule has 0 bridgehead atoms. The lowest BCUT2D eigenvalue weighted by Crippen LogP contribution is -2.36. The Bertz CT molecular complexity index is 732. The van der Waals surface area contributed by atoms with Crippen LogP contribution in [0.4, 0.5) is 0 Å². The van der Waals surface area contributed by atoms with Crippen LogP contribution in [0, 0.1) is 0 Å². The second-order valence-corrected chi connectivity index (χ2v) is 7.47. The van der Waals surface area contributed by atoms with E-state index in [1.165, 1.54) is 29.2 Å². The van der Waals surface area contributed by atoms with Crippen LogP contribution >= 0.6 is 0 Å². The minimum atomic E-state index is 0.172. The van der Waals surface area contributed by atoms with Crippen LogP contribution in [0.15, 0.2) is 42.5 Å². The molecule has 0 aromatic heterocycles. The minimum absolute atomic E-state index is 0.172. The van der Waals surface area contributed by atoms with Crippen molar-refractivity contribution in [3.05, 3.63) is 48.0 Å². The fourth-order valence-corrected chi connectivity index (χ4v) is 3.71. The molecule has 27 heavy (non-hydrogen) atoms. The van der Waals surface area contributed by atoms with Crippen LogP contribution in [-0.4, -0.2) is 54.5 Å². The van der Waals surface area contributed by atoms with E-state index in [0.717, 1.165) is 39.3 Å². The number of hydrogen-bond acceptors (Lipinski definition) is 3. The monoisotopic (exact) mass is 367 g/mol. The first-order chi connectivity index (χ1) is 13.2. The summed E-state index contributed by atoms with van der Waals surface area (Å²) in [5, 5.41) is 5.70. The summed E-state index contributed by atoms with van der Waals surface area (Å²) in [7, 11) is 0.